The minimum atomic E-state index is 0.278. The Bertz CT molecular complexity index is 625. The third-order valence-corrected chi connectivity index (χ3v) is 4.24. The highest BCUT2D eigenvalue weighted by molar-refractivity contribution is 7.99. The fourth-order valence-corrected chi connectivity index (χ4v) is 3.09. The van der Waals surface area contributed by atoms with Crippen molar-refractivity contribution >= 4 is 23.3 Å². The molecule has 96 valence electrons. The highest BCUT2D eigenvalue weighted by Crippen LogP contribution is 2.42. The molecule has 1 aromatic heterocycles. The largest absolute Gasteiger partial charge is 0.337 e. The molecule has 0 radical (unpaired) electrons. The fourth-order valence-electron chi connectivity index (χ4n) is 2.21. The van der Waals surface area contributed by atoms with Crippen LogP contribution >= 0.6 is 11.8 Å². The molecule has 1 unspecified atom stereocenters. The molecule has 7 heteroatoms. The van der Waals surface area contributed by atoms with Crippen LogP contribution in [0.5, 0.6) is 0 Å². The summed E-state index contributed by atoms with van der Waals surface area (Å²) in [5.41, 5.74) is 11.5. The quantitative estimate of drug-likeness (QED) is 0.532. The average molecular weight is 272 g/mol. The molecular formula is C12H12N6S. The second-order valence-electron chi connectivity index (χ2n) is 4.40. The molecule has 1 fully saturated rings. The number of benzene rings is 1. The number of rotatable bonds is 1. The molecule has 19 heavy (non-hydrogen) atoms. The predicted octanol–water partition coefficient (Wildman–Crippen LogP) is 1.34. The predicted molar refractivity (Wildman–Crippen MR) is 72.9 cm³/mol. The van der Waals surface area contributed by atoms with Crippen molar-refractivity contribution < 1.29 is 0 Å². The first kappa shape index (κ1) is 11.2. The molecule has 2 aromatic rings. The summed E-state index contributed by atoms with van der Waals surface area (Å²) in [6, 6.07) is 6.70. The molecule has 0 aliphatic carbocycles. The topological polar surface area (TPSA) is 73.9 Å². The van der Waals surface area contributed by atoms with E-state index < -0.39 is 0 Å². The van der Waals surface area contributed by atoms with Crippen LogP contribution in [0.1, 0.15) is 11.6 Å². The van der Waals surface area contributed by atoms with Gasteiger partial charge in [0.15, 0.2) is 5.82 Å². The zero-order valence-electron chi connectivity index (χ0n) is 9.97. The number of hydrogen-bond donors (Lipinski definition) is 4. The average Bonchev–Trinajstić information content (AvgIpc) is 2.98. The smallest absolute Gasteiger partial charge is 0.163 e. The van der Waals surface area contributed by atoms with Crippen molar-refractivity contribution in [1.82, 2.24) is 26.4 Å². The molecule has 6 nitrogen and oxygen atoms in total. The SMILES string of the molecule is c1cnc2c(n1)Nc1cc(C3CNNN3)ccc1S2. The Labute approximate surface area is 114 Å². The Morgan fingerprint density at radius 3 is 3.05 bits per heavy atom. The first-order valence-electron chi connectivity index (χ1n) is 6.03. The van der Waals surface area contributed by atoms with Crippen molar-refractivity contribution in [3.8, 4) is 0 Å². The van der Waals surface area contributed by atoms with Crippen molar-refractivity contribution in [1.29, 1.82) is 0 Å². The van der Waals surface area contributed by atoms with E-state index in [1.807, 2.05) is 0 Å². The summed E-state index contributed by atoms with van der Waals surface area (Å²) >= 11 is 1.65. The maximum atomic E-state index is 4.32. The molecule has 0 spiro atoms. The van der Waals surface area contributed by atoms with E-state index in [0.29, 0.717) is 0 Å². The summed E-state index contributed by atoms with van der Waals surface area (Å²) in [5, 5.41) is 4.26. The highest BCUT2D eigenvalue weighted by Gasteiger charge is 2.21. The lowest BCUT2D eigenvalue weighted by Crippen LogP contribution is -2.30. The van der Waals surface area contributed by atoms with Crippen LogP contribution in [-0.2, 0) is 0 Å². The molecule has 2 aliphatic rings. The van der Waals surface area contributed by atoms with E-state index in [9.17, 15) is 0 Å². The lowest BCUT2D eigenvalue weighted by Gasteiger charge is -2.20. The van der Waals surface area contributed by atoms with Gasteiger partial charge in [-0.05, 0) is 17.7 Å². The molecule has 3 heterocycles. The molecule has 1 aromatic carbocycles. The number of hydrogen-bond acceptors (Lipinski definition) is 7. The summed E-state index contributed by atoms with van der Waals surface area (Å²) in [4.78, 5) is 9.81. The van der Waals surface area contributed by atoms with E-state index in [4.69, 9.17) is 0 Å². The van der Waals surface area contributed by atoms with Gasteiger partial charge in [0.25, 0.3) is 0 Å². The number of aromatic nitrogens is 2. The molecule has 1 saturated heterocycles. The number of anilines is 2. The second kappa shape index (κ2) is 4.46. The summed E-state index contributed by atoms with van der Waals surface area (Å²) < 4.78 is 0. The van der Waals surface area contributed by atoms with Crippen molar-refractivity contribution in [3.63, 3.8) is 0 Å². The fraction of sp³-hybridized carbons (Fsp3) is 0.167. The maximum absolute atomic E-state index is 4.32. The van der Waals surface area contributed by atoms with Crippen molar-refractivity contribution in [3.05, 3.63) is 36.2 Å². The van der Waals surface area contributed by atoms with Gasteiger partial charge in [0.2, 0.25) is 0 Å². The van der Waals surface area contributed by atoms with E-state index in [-0.39, 0.29) is 6.04 Å². The number of nitrogens with one attached hydrogen (secondary N) is 4. The standard InChI is InChI=1S/C12H12N6S/c1-2-10-8(5-7(1)9-6-15-18-17-9)16-11-12(19-10)14-4-3-13-11/h1-5,9,15,17-18H,6H2,(H,13,16). The number of fused-ring (bicyclic) bond motifs is 2. The normalized spacial score (nSPS) is 20.5. The minimum Gasteiger partial charge on any atom is -0.337 e. The van der Waals surface area contributed by atoms with Crippen LogP contribution in [0.2, 0.25) is 0 Å². The third kappa shape index (κ3) is 1.96. The summed E-state index contributed by atoms with van der Waals surface area (Å²) in [5.74, 6) is 0.827. The van der Waals surface area contributed by atoms with Gasteiger partial charge in [-0.15, -0.1) is 0 Å². The van der Waals surface area contributed by atoms with Gasteiger partial charge in [-0.2, -0.15) is 5.53 Å². The molecular weight excluding hydrogens is 260 g/mol. The number of hydrazine groups is 2. The third-order valence-electron chi connectivity index (χ3n) is 3.17. The van der Waals surface area contributed by atoms with Crippen LogP contribution in [0.4, 0.5) is 11.5 Å². The van der Waals surface area contributed by atoms with E-state index in [0.717, 1.165) is 23.1 Å². The van der Waals surface area contributed by atoms with Crippen LogP contribution < -0.4 is 21.7 Å². The maximum Gasteiger partial charge on any atom is 0.163 e. The van der Waals surface area contributed by atoms with E-state index in [2.05, 4.69) is 49.9 Å². The molecule has 2 aliphatic heterocycles. The first-order valence-corrected chi connectivity index (χ1v) is 6.85. The lowest BCUT2D eigenvalue weighted by molar-refractivity contribution is 0.555. The Hall–Kier alpha value is -1.67. The van der Waals surface area contributed by atoms with Gasteiger partial charge >= 0.3 is 0 Å². The van der Waals surface area contributed by atoms with E-state index in [1.165, 1.54) is 10.5 Å². The summed E-state index contributed by atoms with van der Waals surface area (Å²) in [6.45, 7) is 0.863. The van der Waals surface area contributed by atoms with Gasteiger partial charge in [0, 0.05) is 23.8 Å². The van der Waals surface area contributed by atoms with Crippen LogP contribution in [-0.4, -0.2) is 16.5 Å². The minimum absolute atomic E-state index is 0.278. The van der Waals surface area contributed by atoms with Gasteiger partial charge in [-0.3, -0.25) is 0 Å². The van der Waals surface area contributed by atoms with Crippen molar-refractivity contribution in [2.45, 2.75) is 16.0 Å². The lowest BCUT2D eigenvalue weighted by atomic mass is 10.1. The van der Waals surface area contributed by atoms with E-state index in [1.54, 1.807) is 24.2 Å². The van der Waals surface area contributed by atoms with Crippen LogP contribution in [0, 0.1) is 0 Å². The Morgan fingerprint density at radius 2 is 2.16 bits per heavy atom. The Balaban J connectivity index is 1.70. The molecule has 4 rings (SSSR count). The van der Waals surface area contributed by atoms with E-state index >= 15 is 0 Å². The molecule has 0 saturated carbocycles. The Morgan fingerprint density at radius 1 is 1.21 bits per heavy atom. The van der Waals surface area contributed by atoms with Gasteiger partial charge < -0.3 is 5.32 Å². The highest BCUT2D eigenvalue weighted by atomic mass is 32.2. The molecule has 0 bridgehead atoms. The van der Waals surface area contributed by atoms with Crippen LogP contribution in [0.25, 0.3) is 0 Å². The Kier molecular flexibility index (Phi) is 2.63. The van der Waals surface area contributed by atoms with Gasteiger partial charge in [-0.25, -0.2) is 20.8 Å². The summed E-state index contributed by atoms with van der Waals surface area (Å²) in [6.07, 6.45) is 3.42. The zero-order chi connectivity index (χ0) is 12.7. The zero-order valence-corrected chi connectivity index (χ0v) is 10.8. The van der Waals surface area contributed by atoms with Crippen molar-refractivity contribution in [2.24, 2.45) is 0 Å². The van der Waals surface area contributed by atoms with Crippen LogP contribution in [0.15, 0.2) is 40.5 Å². The molecule has 4 N–H and O–H groups in total. The molecule has 1 atom stereocenters. The molecule has 0 amide bonds. The second-order valence-corrected chi connectivity index (χ2v) is 5.43. The van der Waals surface area contributed by atoms with Gasteiger partial charge in [-0.1, -0.05) is 17.8 Å². The van der Waals surface area contributed by atoms with Gasteiger partial charge in [0.05, 0.1) is 11.7 Å². The summed E-state index contributed by atoms with van der Waals surface area (Å²) in [7, 11) is 0. The van der Waals surface area contributed by atoms with Gasteiger partial charge in [0.1, 0.15) is 5.03 Å². The number of nitrogens with zero attached hydrogens (tertiary/aromatic N) is 2. The monoisotopic (exact) mass is 272 g/mol. The first-order chi connectivity index (χ1) is 9.40. The van der Waals surface area contributed by atoms with Crippen molar-refractivity contribution in [2.75, 3.05) is 11.9 Å². The van der Waals surface area contributed by atoms with Crippen LogP contribution in [0.3, 0.4) is 0 Å².